The second-order valence-corrected chi connectivity index (χ2v) is 4.79. The Bertz CT molecular complexity index is 692. The summed E-state index contributed by atoms with van der Waals surface area (Å²) in [5, 5.41) is 2.65. The fourth-order valence-electron chi connectivity index (χ4n) is 1.80. The maximum Gasteiger partial charge on any atom is 0.232 e. The monoisotopic (exact) mass is 315 g/mol. The van der Waals surface area contributed by atoms with Crippen LogP contribution in [0.5, 0.6) is 11.8 Å². The number of hydrogen-bond donors (Lipinski definition) is 1. The number of ether oxygens (including phenoxy) is 2. The number of nitrogens with zero attached hydrogens (tertiary/aromatic N) is 2. The Kier molecular flexibility index (Phi) is 5.24. The molecule has 0 saturated carbocycles. The topological polar surface area (TPSA) is 90.4 Å². The summed E-state index contributed by atoms with van der Waals surface area (Å²) in [6, 6.07) is 8.72. The zero-order valence-electron chi connectivity index (χ0n) is 13.1. The van der Waals surface area contributed by atoms with Gasteiger partial charge in [0.2, 0.25) is 29.3 Å². The van der Waals surface area contributed by atoms with Gasteiger partial charge >= 0.3 is 0 Å². The van der Waals surface area contributed by atoms with E-state index in [1.807, 2.05) is 19.1 Å². The molecule has 7 heteroatoms. The highest BCUT2D eigenvalue weighted by Crippen LogP contribution is 2.16. The van der Waals surface area contributed by atoms with Crippen molar-refractivity contribution in [1.29, 1.82) is 0 Å². The summed E-state index contributed by atoms with van der Waals surface area (Å²) in [5.41, 5.74) is 1.70. The zero-order chi connectivity index (χ0) is 16.8. The summed E-state index contributed by atoms with van der Waals surface area (Å²) < 4.78 is 9.95. The molecule has 2 aromatic rings. The molecule has 120 valence electrons. The van der Waals surface area contributed by atoms with Gasteiger partial charge in [0.25, 0.3) is 0 Å². The van der Waals surface area contributed by atoms with Gasteiger partial charge in [0.05, 0.1) is 26.7 Å². The Morgan fingerprint density at radius 3 is 2.13 bits per heavy atom. The summed E-state index contributed by atoms with van der Waals surface area (Å²) in [6.07, 6.45) is -0.371. The van der Waals surface area contributed by atoms with E-state index in [-0.39, 0.29) is 24.0 Å². The number of anilines is 1. The minimum atomic E-state index is -0.521. The quantitative estimate of drug-likeness (QED) is 0.648. The number of rotatable bonds is 6. The van der Waals surface area contributed by atoms with Gasteiger partial charge in [0, 0.05) is 5.69 Å². The lowest BCUT2D eigenvalue weighted by Crippen LogP contribution is -2.18. The summed E-state index contributed by atoms with van der Waals surface area (Å²) in [6.45, 7) is 1.95. The van der Waals surface area contributed by atoms with Crippen molar-refractivity contribution in [2.75, 3.05) is 19.5 Å². The standard InChI is InChI=1S/C16H17N3O4/c1-10-4-6-11(7-5-10)17-13(21)8-12(20)16-18-14(22-2)9-15(19-16)23-3/h4-7,9H,8H2,1-3H3,(H,17,21). The Labute approximate surface area is 133 Å². The largest absolute Gasteiger partial charge is 0.481 e. The molecule has 23 heavy (non-hydrogen) atoms. The molecule has 0 spiro atoms. The van der Waals surface area contributed by atoms with Crippen LogP contribution in [0.2, 0.25) is 0 Å². The van der Waals surface area contributed by atoms with Gasteiger partial charge in [0.1, 0.15) is 0 Å². The Balaban J connectivity index is 2.06. The van der Waals surface area contributed by atoms with Crippen LogP contribution in [0.4, 0.5) is 5.69 Å². The fraction of sp³-hybridized carbons (Fsp3) is 0.250. The molecule has 1 heterocycles. The molecule has 0 unspecified atom stereocenters. The van der Waals surface area contributed by atoms with E-state index in [1.165, 1.54) is 20.3 Å². The molecule has 0 saturated heterocycles. The van der Waals surface area contributed by atoms with Crippen LogP contribution in [0.1, 0.15) is 22.6 Å². The van der Waals surface area contributed by atoms with Crippen LogP contribution in [0.3, 0.4) is 0 Å². The smallest absolute Gasteiger partial charge is 0.232 e. The number of aromatic nitrogens is 2. The van der Waals surface area contributed by atoms with E-state index >= 15 is 0 Å². The Morgan fingerprint density at radius 2 is 1.61 bits per heavy atom. The molecule has 0 aliphatic rings. The van der Waals surface area contributed by atoms with Gasteiger partial charge in [-0.2, -0.15) is 9.97 Å². The van der Waals surface area contributed by atoms with Crippen LogP contribution in [0, 0.1) is 6.92 Å². The summed E-state index contributed by atoms with van der Waals surface area (Å²) >= 11 is 0. The highest BCUT2D eigenvalue weighted by Gasteiger charge is 2.17. The van der Waals surface area contributed by atoms with Crippen LogP contribution < -0.4 is 14.8 Å². The lowest BCUT2D eigenvalue weighted by molar-refractivity contribution is -0.115. The first-order valence-corrected chi connectivity index (χ1v) is 6.88. The van der Waals surface area contributed by atoms with Crippen molar-refractivity contribution in [3.63, 3.8) is 0 Å². The van der Waals surface area contributed by atoms with Gasteiger partial charge in [-0.3, -0.25) is 9.59 Å². The van der Waals surface area contributed by atoms with Crippen molar-refractivity contribution in [3.8, 4) is 11.8 Å². The van der Waals surface area contributed by atoms with Crippen molar-refractivity contribution in [2.24, 2.45) is 0 Å². The number of carbonyl (C=O) groups excluding carboxylic acids is 2. The van der Waals surface area contributed by atoms with Gasteiger partial charge < -0.3 is 14.8 Å². The van der Waals surface area contributed by atoms with E-state index in [2.05, 4.69) is 15.3 Å². The van der Waals surface area contributed by atoms with E-state index in [0.29, 0.717) is 5.69 Å². The van der Waals surface area contributed by atoms with Crippen LogP contribution in [0.25, 0.3) is 0 Å². The second kappa shape index (κ2) is 7.35. The molecular weight excluding hydrogens is 298 g/mol. The number of Topliss-reactive ketones (excluding diaryl/α,β-unsaturated/α-hetero) is 1. The molecule has 0 atom stereocenters. The molecule has 0 fully saturated rings. The Hall–Kier alpha value is -2.96. The SMILES string of the molecule is COc1cc(OC)nc(C(=O)CC(=O)Nc2ccc(C)cc2)n1. The number of aryl methyl sites for hydroxylation is 1. The molecule has 1 amide bonds. The number of carbonyl (C=O) groups is 2. The fourth-order valence-corrected chi connectivity index (χ4v) is 1.80. The molecule has 2 rings (SSSR count). The normalized spacial score (nSPS) is 10.0. The zero-order valence-corrected chi connectivity index (χ0v) is 13.1. The van der Waals surface area contributed by atoms with Crippen molar-refractivity contribution >= 4 is 17.4 Å². The van der Waals surface area contributed by atoms with Crippen molar-refractivity contribution in [3.05, 3.63) is 41.7 Å². The third-order valence-electron chi connectivity index (χ3n) is 3.00. The summed E-state index contributed by atoms with van der Waals surface area (Å²) in [5.74, 6) is -0.699. The molecule has 0 aliphatic carbocycles. The lowest BCUT2D eigenvalue weighted by Gasteiger charge is -2.07. The van der Waals surface area contributed by atoms with Gasteiger partial charge in [-0.05, 0) is 19.1 Å². The molecule has 1 N–H and O–H groups in total. The lowest BCUT2D eigenvalue weighted by atomic mass is 10.2. The van der Waals surface area contributed by atoms with E-state index in [0.717, 1.165) is 5.56 Å². The number of methoxy groups -OCH3 is 2. The van der Waals surface area contributed by atoms with Gasteiger partial charge in [0.15, 0.2) is 0 Å². The van der Waals surface area contributed by atoms with Crippen molar-refractivity contribution < 1.29 is 19.1 Å². The first-order chi connectivity index (χ1) is 11.0. The average molecular weight is 315 g/mol. The highest BCUT2D eigenvalue weighted by molar-refractivity contribution is 6.09. The minimum absolute atomic E-state index is 0.125. The Morgan fingerprint density at radius 1 is 1.04 bits per heavy atom. The molecule has 0 radical (unpaired) electrons. The maximum absolute atomic E-state index is 12.1. The van der Waals surface area contributed by atoms with Gasteiger partial charge in [-0.1, -0.05) is 17.7 Å². The van der Waals surface area contributed by atoms with Crippen molar-refractivity contribution in [1.82, 2.24) is 9.97 Å². The minimum Gasteiger partial charge on any atom is -0.481 e. The number of hydrogen-bond acceptors (Lipinski definition) is 6. The molecular formula is C16H17N3O4. The van der Waals surface area contributed by atoms with Crippen LogP contribution in [0.15, 0.2) is 30.3 Å². The highest BCUT2D eigenvalue weighted by atomic mass is 16.5. The van der Waals surface area contributed by atoms with Gasteiger partial charge in [-0.15, -0.1) is 0 Å². The van der Waals surface area contributed by atoms with Gasteiger partial charge in [-0.25, -0.2) is 0 Å². The summed E-state index contributed by atoms with van der Waals surface area (Å²) in [7, 11) is 2.83. The number of benzene rings is 1. The first-order valence-electron chi connectivity index (χ1n) is 6.88. The van der Waals surface area contributed by atoms with E-state index in [1.54, 1.807) is 12.1 Å². The van der Waals surface area contributed by atoms with Crippen LogP contribution >= 0.6 is 0 Å². The van der Waals surface area contributed by atoms with Crippen LogP contribution in [-0.4, -0.2) is 35.9 Å². The average Bonchev–Trinajstić information content (AvgIpc) is 2.56. The van der Waals surface area contributed by atoms with E-state index in [9.17, 15) is 9.59 Å². The van der Waals surface area contributed by atoms with E-state index in [4.69, 9.17) is 9.47 Å². The van der Waals surface area contributed by atoms with Crippen LogP contribution in [-0.2, 0) is 4.79 Å². The molecule has 0 aliphatic heterocycles. The third-order valence-corrected chi connectivity index (χ3v) is 3.00. The second-order valence-electron chi connectivity index (χ2n) is 4.79. The molecule has 7 nitrogen and oxygen atoms in total. The predicted octanol–water partition coefficient (Wildman–Crippen LogP) is 2.01. The van der Waals surface area contributed by atoms with E-state index < -0.39 is 11.7 Å². The number of amides is 1. The molecule has 1 aromatic heterocycles. The predicted molar refractivity (Wildman–Crippen MR) is 83.9 cm³/mol. The maximum atomic E-state index is 12.1. The first kappa shape index (κ1) is 16.4. The summed E-state index contributed by atoms with van der Waals surface area (Å²) in [4.78, 5) is 31.9. The number of nitrogens with one attached hydrogen (secondary N) is 1. The molecule has 1 aromatic carbocycles. The number of ketones is 1. The van der Waals surface area contributed by atoms with Crippen molar-refractivity contribution in [2.45, 2.75) is 13.3 Å². The molecule has 0 bridgehead atoms. The third kappa shape index (κ3) is 4.50.